The van der Waals surface area contributed by atoms with Gasteiger partial charge in [0.15, 0.2) is 11.6 Å². The molecule has 0 bridgehead atoms. The predicted molar refractivity (Wildman–Crippen MR) is 77.0 cm³/mol. The van der Waals surface area contributed by atoms with E-state index in [2.05, 4.69) is 15.0 Å². The molecule has 118 valence electrons. The average molecular weight is 329 g/mol. The smallest absolute Gasteiger partial charge is 0.263 e. The lowest BCUT2D eigenvalue weighted by Crippen LogP contribution is -2.14. The van der Waals surface area contributed by atoms with Gasteiger partial charge in [-0.05, 0) is 24.3 Å². The summed E-state index contributed by atoms with van der Waals surface area (Å²) in [6.45, 7) is 0.200. The van der Waals surface area contributed by atoms with E-state index in [9.17, 15) is 17.2 Å². The highest BCUT2D eigenvalue weighted by Gasteiger charge is 2.15. The largest absolute Gasteiger partial charge is 0.395 e. The molecule has 2 aromatic rings. The van der Waals surface area contributed by atoms with Crippen LogP contribution in [0.1, 0.15) is 0 Å². The topological polar surface area (TPSA) is 91.3 Å². The summed E-state index contributed by atoms with van der Waals surface area (Å²) >= 11 is 0. The molecule has 0 aliphatic heterocycles. The Morgan fingerprint density at radius 1 is 1.14 bits per heavy atom. The van der Waals surface area contributed by atoms with E-state index in [-0.39, 0.29) is 23.7 Å². The van der Waals surface area contributed by atoms with Crippen molar-refractivity contribution >= 4 is 21.5 Å². The van der Waals surface area contributed by atoms with E-state index in [1.54, 1.807) is 0 Å². The molecular weight excluding hydrogens is 316 g/mol. The van der Waals surface area contributed by atoms with Crippen molar-refractivity contribution in [3.8, 4) is 0 Å². The van der Waals surface area contributed by atoms with E-state index in [1.807, 2.05) is 0 Å². The van der Waals surface area contributed by atoms with Gasteiger partial charge in [0.05, 0.1) is 12.3 Å². The first kappa shape index (κ1) is 16.1. The normalized spacial score (nSPS) is 11.2. The molecule has 6 nitrogen and oxygen atoms in total. The van der Waals surface area contributed by atoms with E-state index < -0.39 is 21.7 Å². The molecule has 1 aromatic carbocycles. The van der Waals surface area contributed by atoms with Crippen molar-refractivity contribution in [1.82, 2.24) is 4.98 Å². The minimum absolute atomic E-state index is 0.0839. The number of nitrogens with zero attached hydrogens (tertiary/aromatic N) is 1. The molecular formula is C13H13F2N3O3S. The highest BCUT2D eigenvalue weighted by Crippen LogP contribution is 2.18. The molecule has 1 aromatic heterocycles. The van der Waals surface area contributed by atoms with Crippen LogP contribution in [0.4, 0.5) is 20.3 Å². The summed E-state index contributed by atoms with van der Waals surface area (Å²) in [6, 6.07) is 5.41. The molecule has 0 unspecified atom stereocenters. The Morgan fingerprint density at radius 3 is 2.50 bits per heavy atom. The number of pyridine rings is 1. The minimum atomic E-state index is -3.96. The molecule has 0 saturated heterocycles. The number of sulfonamides is 1. The van der Waals surface area contributed by atoms with Crippen LogP contribution in [0.5, 0.6) is 0 Å². The number of hydrogen-bond donors (Lipinski definition) is 3. The number of anilines is 2. The Morgan fingerprint density at radius 2 is 1.91 bits per heavy atom. The Hall–Kier alpha value is -2.26. The quantitative estimate of drug-likeness (QED) is 0.748. The van der Waals surface area contributed by atoms with Gasteiger partial charge in [0.1, 0.15) is 10.7 Å². The van der Waals surface area contributed by atoms with Gasteiger partial charge in [-0.2, -0.15) is 0 Å². The number of aliphatic hydroxyl groups excluding tert-OH is 1. The molecule has 2 rings (SSSR count). The molecule has 0 spiro atoms. The first-order valence-electron chi connectivity index (χ1n) is 6.21. The third-order valence-corrected chi connectivity index (χ3v) is 4.00. The Bertz CT molecular complexity index is 752. The van der Waals surface area contributed by atoms with Crippen LogP contribution < -0.4 is 10.0 Å². The summed E-state index contributed by atoms with van der Waals surface area (Å²) in [5, 5.41) is 11.4. The lowest BCUT2D eigenvalue weighted by molar-refractivity contribution is 0.311. The number of halogens is 2. The SMILES string of the molecule is O=S(=O)(Nc1ccc(F)c(F)c1)c1ccc(NCCO)nc1. The Kier molecular flexibility index (Phi) is 4.88. The summed E-state index contributed by atoms with van der Waals surface area (Å²) in [5.74, 6) is -1.81. The second-order valence-corrected chi connectivity index (χ2v) is 5.95. The van der Waals surface area contributed by atoms with Crippen molar-refractivity contribution in [2.45, 2.75) is 4.90 Å². The van der Waals surface area contributed by atoms with Gasteiger partial charge in [0.2, 0.25) is 0 Å². The Balaban J connectivity index is 2.17. The second kappa shape index (κ2) is 6.67. The van der Waals surface area contributed by atoms with Crippen molar-refractivity contribution in [3.63, 3.8) is 0 Å². The predicted octanol–water partition coefficient (Wildman–Crippen LogP) is 1.56. The van der Waals surface area contributed by atoms with Crippen molar-refractivity contribution < 1.29 is 22.3 Å². The van der Waals surface area contributed by atoms with Crippen LogP contribution in [0.2, 0.25) is 0 Å². The standard InChI is InChI=1S/C13H13F2N3O3S/c14-11-3-1-9(7-12(11)15)18-22(20,21)10-2-4-13(17-8-10)16-5-6-19/h1-4,7-8,18-19H,5-6H2,(H,16,17). The first-order valence-corrected chi connectivity index (χ1v) is 7.69. The van der Waals surface area contributed by atoms with Crippen LogP contribution in [0, 0.1) is 11.6 Å². The van der Waals surface area contributed by atoms with Crippen LogP contribution >= 0.6 is 0 Å². The highest BCUT2D eigenvalue weighted by molar-refractivity contribution is 7.92. The summed E-state index contributed by atoms with van der Waals surface area (Å²) in [5.41, 5.74) is -0.0959. The van der Waals surface area contributed by atoms with Crippen molar-refractivity contribution in [2.75, 3.05) is 23.2 Å². The van der Waals surface area contributed by atoms with Crippen LogP contribution in [0.15, 0.2) is 41.4 Å². The minimum Gasteiger partial charge on any atom is -0.395 e. The molecule has 9 heteroatoms. The molecule has 3 N–H and O–H groups in total. The number of nitrogens with one attached hydrogen (secondary N) is 2. The second-order valence-electron chi connectivity index (χ2n) is 4.26. The van der Waals surface area contributed by atoms with E-state index in [0.717, 1.165) is 24.4 Å². The van der Waals surface area contributed by atoms with E-state index in [4.69, 9.17) is 5.11 Å². The summed E-state index contributed by atoms with van der Waals surface area (Å²) in [7, 11) is -3.96. The van der Waals surface area contributed by atoms with Gasteiger partial charge >= 0.3 is 0 Å². The first-order chi connectivity index (χ1) is 10.4. The van der Waals surface area contributed by atoms with E-state index in [0.29, 0.717) is 5.82 Å². The third kappa shape index (κ3) is 3.89. The molecule has 0 radical (unpaired) electrons. The summed E-state index contributed by atoms with van der Waals surface area (Å²) in [6.07, 6.45) is 1.11. The van der Waals surface area contributed by atoms with E-state index >= 15 is 0 Å². The molecule has 0 aliphatic carbocycles. The summed E-state index contributed by atoms with van der Waals surface area (Å²) < 4.78 is 52.2. The van der Waals surface area contributed by atoms with Crippen LogP contribution in [0.25, 0.3) is 0 Å². The third-order valence-electron chi connectivity index (χ3n) is 2.64. The monoisotopic (exact) mass is 329 g/mol. The van der Waals surface area contributed by atoms with Gasteiger partial charge in [-0.3, -0.25) is 4.72 Å². The zero-order valence-electron chi connectivity index (χ0n) is 11.3. The highest BCUT2D eigenvalue weighted by atomic mass is 32.2. The van der Waals surface area contributed by atoms with Crippen LogP contribution in [0.3, 0.4) is 0 Å². The number of hydrogen-bond acceptors (Lipinski definition) is 5. The maximum Gasteiger partial charge on any atom is 0.263 e. The maximum absolute atomic E-state index is 13.1. The molecule has 0 fully saturated rings. The fraction of sp³-hybridized carbons (Fsp3) is 0.154. The zero-order chi connectivity index (χ0) is 16.2. The summed E-state index contributed by atoms with van der Waals surface area (Å²) in [4.78, 5) is 3.75. The molecule has 0 saturated carbocycles. The lowest BCUT2D eigenvalue weighted by atomic mass is 10.3. The molecule has 22 heavy (non-hydrogen) atoms. The average Bonchev–Trinajstić information content (AvgIpc) is 2.49. The molecule has 0 aliphatic rings. The number of aliphatic hydroxyl groups is 1. The molecule has 1 heterocycles. The van der Waals surface area contributed by atoms with Gasteiger partial charge in [-0.15, -0.1) is 0 Å². The van der Waals surface area contributed by atoms with Crippen molar-refractivity contribution in [2.24, 2.45) is 0 Å². The van der Waals surface area contributed by atoms with Gasteiger partial charge in [-0.1, -0.05) is 0 Å². The van der Waals surface area contributed by atoms with Crippen molar-refractivity contribution in [3.05, 3.63) is 48.2 Å². The van der Waals surface area contributed by atoms with Gasteiger partial charge < -0.3 is 10.4 Å². The van der Waals surface area contributed by atoms with Gasteiger partial charge in [-0.25, -0.2) is 22.2 Å². The van der Waals surface area contributed by atoms with Gasteiger partial charge in [0.25, 0.3) is 10.0 Å². The van der Waals surface area contributed by atoms with Crippen LogP contribution in [-0.4, -0.2) is 31.7 Å². The fourth-order valence-electron chi connectivity index (χ4n) is 1.60. The molecule has 0 amide bonds. The van der Waals surface area contributed by atoms with Crippen LogP contribution in [-0.2, 0) is 10.0 Å². The number of aromatic nitrogens is 1. The van der Waals surface area contributed by atoms with Crippen molar-refractivity contribution in [1.29, 1.82) is 0 Å². The Labute approximate surface area is 125 Å². The zero-order valence-corrected chi connectivity index (χ0v) is 12.1. The fourth-order valence-corrected chi connectivity index (χ4v) is 2.60. The lowest BCUT2D eigenvalue weighted by Gasteiger charge is -2.09. The van der Waals surface area contributed by atoms with E-state index in [1.165, 1.54) is 12.1 Å². The number of rotatable bonds is 6. The van der Waals surface area contributed by atoms with Gasteiger partial charge in [0, 0.05) is 18.8 Å². The maximum atomic E-state index is 13.1. The molecule has 0 atom stereocenters. The number of benzene rings is 1.